The van der Waals surface area contributed by atoms with Crippen molar-refractivity contribution >= 4 is 34.7 Å². The van der Waals surface area contributed by atoms with Gasteiger partial charge in [-0.1, -0.05) is 13.0 Å². The second-order valence-electron chi connectivity index (χ2n) is 4.57. The maximum absolute atomic E-state index is 5.50. The fourth-order valence-corrected chi connectivity index (χ4v) is 3.64. The average Bonchev–Trinajstić information content (AvgIpc) is 3.01. The van der Waals surface area contributed by atoms with Crippen LogP contribution >= 0.6 is 23.6 Å². The molecule has 1 unspecified atom stereocenters. The topological polar surface area (TPSA) is 33.6 Å². The van der Waals surface area contributed by atoms with E-state index in [0.717, 1.165) is 22.4 Å². The second-order valence-corrected chi connectivity index (χ2v) is 5.93. The maximum Gasteiger partial charge on any atom is 0.179 e. The minimum atomic E-state index is 0.260. The van der Waals surface area contributed by atoms with Crippen LogP contribution in [0.4, 0.5) is 0 Å². The molecule has 3 rings (SSSR count). The normalized spacial score (nSPS) is 12.9. The highest BCUT2D eigenvalue weighted by Gasteiger charge is 2.18. The predicted molar refractivity (Wildman–Crippen MR) is 82.4 cm³/mol. The Morgan fingerprint density at radius 2 is 2.32 bits per heavy atom. The van der Waals surface area contributed by atoms with Gasteiger partial charge in [0.15, 0.2) is 10.4 Å². The minimum Gasteiger partial charge on any atom is -0.329 e. The van der Waals surface area contributed by atoms with Crippen LogP contribution in [0.2, 0.25) is 0 Å². The van der Waals surface area contributed by atoms with Crippen LogP contribution in [0.15, 0.2) is 29.8 Å². The van der Waals surface area contributed by atoms with E-state index in [1.807, 2.05) is 12.3 Å². The Balaban J connectivity index is 2.27. The van der Waals surface area contributed by atoms with Gasteiger partial charge in [-0.2, -0.15) is 0 Å². The lowest BCUT2D eigenvalue weighted by Crippen LogP contribution is -2.09. The van der Waals surface area contributed by atoms with Gasteiger partial charge in [0.1, 0.15) is 0 Å². The molecule has 0 aliphatic rings. The Morgan fingerprint density at radius 3 is 3.00 bits per heavy atom. The Hall–Kier alpha value is -1.46. The Labute approximate surface area is 120 Å². The lowest BCUT2D eigenvalue weighted by molar-refractivity contribution is 0.581. The van der Waals surface area contributed by atoms with Crippen molar-refractivity contribution in [1.82, 2.24) is 14.5 Å². The first-order chi connectivity index (χ1) is 9.22. The first-order valence-electron chi connectivity index (χ1n) is 6.31. The molecule has 19 heavy (non-hydrogen) atoms. The highest BCUT2D eigenvalue weighted by Crippen LogP contribution is 2.29. The summed E-state index contributed by atoms with van der Waals surface area (Å²) in [5.41, 5.74) is 3.17. The van der Waals surface area contributed by atoms with Gasteiger partial charge >= 0.3 is 0 Å². The Morgan fingerprint density at radius 1 is 1.47 bits per heavy atom. The molecule has 0 aliphatic carbocycles. The molecule has 0 aliphatic heterocycles. The largest absolute Gasteiger partial charge is 0.329 e. The molecule has 1 N–H and O–H groups in total. The third-order valence-electron chi connectivity index (χ3n) is 3.39. The van der Waals surface area contributed by atoms with Crippen LogP contribution in [-0.4, -0.2) is 14.5 Å². The third-order valence-corrected chi connectivity index (χ3v) is 4.66. The molecule has 0 spiro atoms. The van der Waals surface area contributed by atoms with E-state index in [9.17, 15) is 0 Å². The van der Waals surface area contributed by atoms with E-state index in [1.54, 1.807) is 11.3 Å². The summed E-state index contributed by atoms with van der Waals surface area (Å²) in [5.74, 6) is 0. The monoisotopic (exact) mass is 289 g/mol. The number of fused-ring (bicyclic) bond motifs is 1. The number of pyridine rings is 1. The van der Waals surface area contributed by atoms with Gasteiger partial charge in [0.2, 0.25) is 0 Å². The van der Waals surface area contributed by atoms with E-state index in [0.29, 0.717) is 0 Å². The first kappa shape index (κ1) is 12.6. The van der Waals surface area contributed by atoms with E-state index in [2.05, 4.69) is 45.9 Å². The van der Waals surface area contributed by atoms with Crippen molar-refractivity contribution in [2.24, 2.45) is 0 Å². The van der Waals surface area contributed by atoms with Crippen LogP contribution in [-0.2, 0) is 0 Å². The summed E-state index contributed by atoms with van der Waals surface area (Å²) >= 11 is 7.27. The van der Waals surface area contributed by atoms with Crippen molar-refractivity contribution < 1.29 is 0 Å². The zero-order chi connectivity index (χ0) is 13.4. The number of imidazole rings is 1. The lowest BCUT2D eigenvalue weighted by Gasteiger charge is -2.15. The summed E-state index contributed by atoms with van der Waals surface area (Å²) in [4.78, 5) is 9.13. The molecule has 98 valence electrons. The van der Waals surface area contributed by atoms with Crippen molar-refractivity contribution in [2.45, 2.75) is 26.3 Å². The van der Waals surface area contributed by atoms with Gasteiger partial charge < -0.3 is 4.98 Å². The molecular formula is C14H15N3S2. The van der Waals surface area contributed by atoms with Crippen LogP contribution in [0.5, 0.6) is 0 Å². The number of aromatic amines is 1. The third kappa shape index (κ3) is 2.03. The molecule has 0 radical (unpaired) electrons. The maximum atomic E-state index is 5.50. The van der Waals surface area contributed by atoms with Crippen LogP contribution in [0.25, 0.3) is 11.2 Å². The summed E-state index contributed by atoms with van der Waals surface area (Å²) in [5, 5.41) is 2.11. The van der Waals surface area contributed by atoms with E-state index >= 15 is 0 Å². The van der Waals surface area contributed by atoms with Crippen molar-refractivity contribution in [2.75, 3.05) is 0 Å². The predicted octanol–water partition coefficient (Wildman–Crippen LogP) is 4.46. The SMILES string of the molecule is CCC(c1cccs1)n1c(=S)[nH]c2c(C)ccnc21. The number of H-pyrrole nitrogens is 1. The van der Waals surface area contributed by atoms with Crippen LogP contribution in [0.3, 0.4) is 0 Å². The highest BCUT2D eigenvalue weighted by atomic mass is 32.1. The number of hydrogen-bond acceptors (Lipinski definition) is 3. The smallest absolute Gasteiger partial charge is 0.179 e. The molecule has 0 aromatic carbocycles. The molecular weight excluding hydrogens is 274 g/mol. The van der Waals surface area contributed by atoms with E-state index in [-0.39, 0.29) is 6.04 Å². The van der Waals surface area contributed by atoms with Gasteiger partial charge in [-0.15, -0.1) is 11.3 Å². The van der Waals surface area contributed by atoms with Crippen LogP contribution < -0.4 is 0 Å². The Kier molecular flexibility index (Phi) is 3.24. The van der Waals surface area contributed by atoms with Gasteiger partial charge in [-0.3, -0.25) is 4.57 Å². The molecule has 3 aromatic rings. The number of nitrogens with zero attached hydrogens (tertiary/aromatic N) is 2. The second kappa shape index (κ2) is 4.90. The van der Waals surface area contributed by atoms with Crippen molar-refractivity contribution in [3.05, 3.63) is 45.0 Å². The fourth-order valence-electron chi connectivity index (χ4n) is 2.43. The number of thiophene rings is 1. The highest BCUT2D eigenvalue weighted by molar-refractivity contribution is 7.71. The van der Waals surface area contributed by atoms with Crippen molar-refractivity contribution in [3.63, 3.8) is 0 Å². The number of hydrogen-bond donors (Lipinski definition) is 1. The molecule has 3 nitrogen and oxygen atoms in total. The molecule has 0 bridgehead atoms. The van der Waals surface area contributed by atoms with E-state index in [1.165, 1.54) is 10.4 Å². The van der Waals surface area contributed by atoms with Gasteiger partial charge in [0, 0.05) is 11.1 Å². The summed E-state index contributed by atoms with van der Waals surface area (Å²) in [6.45, 7) is 4.26. The van der Waals surface area contributed by atoms with Gasteiger partial charge in [-0.25, -0.2) is 4.98 Å². The number of aromatic nitrogens is 3. The number of aryl methyl sites for hydroxylation is 1. The summed E-state index contributed by atoms with van der Waals surface area (Å²) < 4.78 is 2.89. The molecule has 0 saturated heterocycles. The van der Waals surface area contributed by atoms with Crippen LogP contribution in [0.1, 0.15) is 29.8 Å². The molecule has 5 heteroatoms. The molecule has 3 aromatic heterocycles. The molecule has 0 fully saturated rings. The standard InChI is InChI=1S/C14H15N3S2/c1-3-10(11-5-4-8-19-11)17-13-12(16-14(17)18)9(2)6-7-15-13/h4-8,10H,3H2,1-2H3,(H,16,18). The van der Waals surface area contributed by atoms with Crippen molar-refractivity contribution in [1.29, 1.82) is 0 Å². The zero-order valence-corrected chi connectivity index (χ0v) is 12.5. The van der Waals surface area contributed by atoms with E-state index < -0.39 is 0 Å². The molecule has 0 saturated carbocycles. The van der Waals surface area contributed by atoms with Crippen LogP contribution in [0, 0.1) is 11.7 Å². The summed E-state index contributed by atoms with van der Waals surface area (Å²) in [6, 6.07) is 6.51. The number of nitrogens with one attached hydrogen (secondary N) is 1. The average molecular weight is 289 g/mol. The summed E-state index contributed by atoms with van der Waals surface area (Å²) in [7, 11) is 0. The summed E-state index contributed by atoms with van der Waals surface area (Å²) in [6.07, 6.45) is 2.84. The van der Waals surface area contributed by atoms with E-state index in [4.69, 9.17) is 12.2 Å². The first-order valence-corrected chi connectivity index (χ1v) is 7.60. The Bertz CT molecular complexity index is 753. The van der Waals surface area contributed by atoms with Crippen molar-refractivity contribution in [3.8, 4) is 0 Å². The minimum absolute atomic E-state index is 0.260. The quantitative estimate of drug-likeness (QED) is 0.722. The molecule has 3 heterocycles. The molecule has 1 atom stereocenters. The number of rotatable bonds is 3. The van der Waals surface area contributed by atoms with Gasteiger partial charge in [-0.05, 0) is 48.6 Å². The lowest BCUT2D eigenvalue weighted by atomic mass is 10.2. The van der Waals surface area contributed by atoms with Gasteiger partial charge in [0.05, 0.1) is 11.6 Å². The zero-order valence-electron chi connectivity index (χ0n) is 10.9. The molecule has 0 amide bonds. The fraction of sp³-hybridized carbons (Fsp3) is 0.286. The van der Waals surface area contributed by atoms with Gasteiger partial charge in [0.25, 0.3) is 0 Å².